The summed E-state index contributed by atoms with van der Waals surface area (Å²) < 4.78 is 5.30. The first-order valence-corrected chi connectivity index (χ1v) is 5.83. The third-order valence-corrected chi connectivity index (χ3v) is 2.63. The smallest absolute Gasteiger partial charge is 0.192 e. The Balaban J connectivity index is 1.91. The minimum absolute atomic E-state index is 0.0840. The lowest BCUT2D eigenvalue weighted by Crippen LogP contribution is -2.09. The standard InChI is InChI=1S/C15H14O4/c16-12-6-7-13(14(17)8-12)15(18)10-19-9-11-4-2-1-3-5-11/h1-8,16-17H,9-10H2. The van der Waals surface area contributed by atoms with Crippen LogP contribution in [0.4, 0.5) is 0 Å². The van der Waals surface area contributed by atoms with Gasteiger partial charge in [0.1, 0.15) is 18.1 Å². The van der Waals surface area contributed by atoms with Crippen LogP contribution in [-0.4, -0.2) is 22.6 Å². The Labute approximate surface area is 110 Å². The van der Waals surface area contributed by atoms with Gasteiger partial charge in [-0.15, -0.1) is 0 Å². The Kier molecular flexibility index (Phi) is 4.15. The molecule has 0 fully saturated rings. The number of hydrogen-bond acceptors (Lipinski definition) is 4. The molecule has 98 valence electrons. The first kappa shape index (κ1) is 13.1. The molecule has 0 aliphatic rings. The molecule has 0 aliphatic carbocycles. The fraction of sp³-hybridized carbons (Fsp3) is 0.133. The van der Waals surface area contributed by atoms with E-state index in [2.05, 4.69) is 0 Å². The topological polar surface area (TPSA) is 66.8 Å². The average molecular weight is 258 g/mol. The van der Waals surface area contributed by atoms with Crippen LogP contribution in [0.5, 0.6) is 11.5 Å². The number of carbonyl (C=O) groups excluding carboxylic acids is 1. The van der Waals surface area contributed by atoms with Gasteiger partial charge in [-0.2, -0.15) is 0 Å². The van der Waals surface area contributed by atoms with Crippen LogP contribution in [0.1, 0.15) is 15.9 Å². The summed E-state index contributed by atoms with van der Waals surface area (Å²) in [7, 11) is 0. The van der Waals surface area contributed by atoms with Crippen molar-refractivity contribution in [3.63, 3.8) is 0 Å². The summed E-state index contributed by atoms with van der Waals surface area (Å²) in [6.45, 7) is 0.221. The number of carbonyl (C=O) groups is 1. The fourth-order valence-electron chi connectivity index (χ4n) is 1.67. The number of phenols is 2. The van der Waals surface area contributed by atoms with E-state index in [4.69, 9.17) is 9.84 Å². The molecule has 2 aromatic rings. The molecule has 0 bridgehead atoms. The summed E-state index contributed by atoms with van der Waals surface area (Å²) in [6.07, 6.45) is 0. The van der Waals surface area contributed by atoms with Gasteiger partial charge in [0.05, 0.1) is 12.2 Å². The minimum atomic E-state index is -0.326. The Morgan fingerprint density at radius 3 is 2.47 bits per heavy atom. The van der Waals surface area contributed by atoms with Gasteiger partial charge in [-0.3, -0.25) is 4.79 Å². The van der Waals surface area contributed by atoms with Gasteiger partial charge in [-0.25, -0.2) is 0 Å². The number of aromatic hydroxyl groups is 2. The van der Waals surface area contributed by atoms with E-state index in [0.717, 1.165) is 11.6 Å². The van der Waals surface area contributed by atoms with E-state index < -0.39 is 0 Å². The third kappa shape index (κ3) is 3.56. The molecule has 2 aromatic carbocycles. The number of phenolic OH excluding ortho intramolecular Hbond substituents is 2. The van der Waals surface area contributed by atoms with Crippen LogP contribution in [0.2, 0.25) is 0 Å². The summed E-state index contributed by atoms with van der Waals surface area (Å²) in [4.78, 5) is 11.8. The van der Waals surface area contributed by atoms with Crippen molar-refractivity contribution in [2.24, 2.45) is 0 Å². The molecule has 0 heterocycles. The van der Waals surface area contributed by atoms with Gasteiger partial charge in [0.2, 0.25) is 0 Å². The SMILES string of the molecule is O=C(COCc1ccccc1)c1ccc(O)cc1O. The van der Waals surface area contributed by atoms with Crippen LogP contribution < -0.4 is 0 Å². The fourth-order valence-corrected chi connectivity index (χ4v) is 1.67. The molecule has 0 aliphatic heterocycles. The van der Waals surface area contributed by atoms with E-state index in [-0.39, 0.29) is 29.5 Å². The third-order valence-electron chi connectivity index (χ3n) is 2.63. The second-order valence-electron chi connectivity index (χ2n) is 4.10. The highest BCUT2D eigenvalue weighted by molar-refractivity contribution is 5.99. The first-order chi connectivity index (χ1) is 9.16. The number of hydrogen-bond donors (Lipinski definition) is 2. The van der Waals surface area contributed by atoms with E-state index in [1.165, 1.54) is 12.1 Å². The average Bonchev–Trinajstić information content (AvgIpc) is 2.39. The Morgan fingerprint density at radius 1 is 1.05 bits per heavy atom. The molecule has 0 unspecified atom stereocenters. The summed E-state index contributed by atoms with van der Waals surface area (Å²) >= 11 is 0. The highest BCUT2D eigenvalue weighted by Crippen LogP contribution is 2.22. The molecule has 2 N–H and O–H groups in total. The molecular weight excluding hydrogens is 244 g/mol. The lowest BCUT2D eigenvalue weighted by atomic mass is 10.1. The van der Waals surface area contributed by atoms with Gasteiger partial charge in [0.15, 0.2) is 5.78 Å². The summed E-state index contributed by atoms with van der Waals surface area (Å²) in [5, 5.41) is 18.7. The van der Waals surface area contributed by atoms with Crippen LogP contribution in [0.25, 0.3) is 0 Å². The molecule has 0 spiro atoms. The lowest BCUT2D eigenvalue weighted by Gasteiger charge is -2.06. The number of rotatable bonds is 5. The second-order valence-corrected chi connectivity index (χ2v) is 4.10. The van der Waals surface area contributed by atoms with Crippen LogP contribution in [0.3, 0.4) is 0 Å². The predicted molar refractivity (Wildman–Crippen MR) is 70.2 cm³/mol. The maximum atomic E-state index is 11.8. The van der Waals surface area contributed by atoms with Gasteiger partial charge in [-0.1, -0.05) is 30.3 Å². The maximum absolute atomic E-state index is 11.8. The molecule has 0 saturated carbocycles. The van der Waals surface area contributed by atoms with Gasteiger partial charge in [0.25, 0.3) is 0 Å². The zero-order chi connectivity index (χ0) is 13.7. The van der Waals surface area contributed by atoms with Gasteiger partial charge in [-0.05, 0) is 17.7 Å². The zero-order valence-corrected chi connectivity index (χ0v) is 10.2. The van der Waals surface area contributed by atoms with E-state index in [1.54, 1.807) is 0 Å². The number of ether oxygens (including phenoxy) is 1. The van der Waals surface area contributed by atoms with Crippen molar-refractivity contribution >= 4 is 5.78 Å². The second kappa shape index (κ2) is 6.02. The van der Waals surface area contributed by atoms with Crippen molar-refractivity contribution in [2.45, 2.75) is 6.61 Å². The van der Waals surface area contributed by atoms with E-state index in [0.29, 0.717) is 6.61 Å². The molecule has 19 heavy (non-hydrogen) atoms. The number of benzene rings is 2. The normalized spacial score (nSPS) is 10.3. The zero-order valence-electron chi connectivity index (χ0n) is 10.2. The number of Topliss-reactive ketones (excluding diaryl/α,β-unsaturated/α-hetero) is 1. The van der Waals surface area contributed by atoms with Crippen LogP contribution in [0, 0.1) is 0 Å². The van der Waals surface area contributed by atoms with Crippen molar-refractivity contribution in [3.8, 4) is 11.5 Å². The van der Waals surface area contributed by atoms with E-state index >= 15 is 0 Å². The van der Waals surface area contributed by atoms with Gasteiger partial charge in [0, 0.05) is 6.07 Å². The molecule has 0 saturated heterocycles. The monoisotopic (exact) mass is 258 g/mol. The van der Waals surface area contributed by atoms with Crippen LogP contribution >= 0.6 is 0 Å². The molecule has 4 heteroatoms. The first-order valence-electron chi connectivity index (χ1n) is 5.83. The molecule has 2 rings (SSSR count). The lowest BCUT2D eigenvalue weighted by molar-refractivity contribution is 0.0724. The van der Waals surface area contributed by atoms with Crippen LogP contribution in [-0.2, 0) is 11.3 Å². The molecule has 0 aromatic heterocycles. The minimum Gasteiger partial charge on any atom is -0.508 e. The molecule has 0 atom stereocenters. The van der Waals surface area contributed by atoms with Crippen LogP contribution in [0.15, 0.2) is 48.5 Å². The van der Waals surface area contributed by atoms with Crippen molar-refractivity contribution in [1.82, 2.24) is 0 Å². The molecular formula is C15H14O4. The van der Waals surface area contributed by atoms with E-state index in [1.807, 2.05) is 30.3 Å². The number of ketones is 1. The molecule has 0 radical (unpaired) electrons. The van der Waals surface area contributed by atoms with Crippen molar-refractivity contribution in [1.29, 1.82) is 0 Å². The van der Waals surface area contributed by atoms with Crippen molar-refractivity contribution in [2.75, 3.05) is 6.61 Å². The highest BCUT2D eigenvalue weighted by atomic mass is 16.5. The van der Waals surface area contributed by atoms with Gasteiger partial charge >= 0.3 is 0 Å². The van der Waals surface area contributed by atoms with Crippen molar-refractivity contribution in [3.05, 3.63) is 59.7 Å². The molecule has 0 amide bonds. The predicted octanol–water partition coefficient (Wildman–Crippen LogP) is 2.50. The Bertz CT molecular complexity index is 564. The molecule has 4 nitrogen and oxygen atoms in total. The maximum Gasteiger partial charge on any atom is 0.192 e. The Hall–Kier alpha value is -2.33. The quantitative estimate of drug-likeness (QED) is 0.809. The summed E-state index contributed by atoms with van der Waals surface area (Å²) in [6, 6.07) is 13.4. The van der Waals surface area contributed by atoms with Crippen molar-refractivity contribution < 1.29 is 19.7 Å². The largest absolute Gasteiger partial charge is 0.508 e. The van der Waals surface area contributed by atoms with E-state index in [9.17, 15) is 9.90 Å². The summed E-state index contributed by atoms with van der Waals surface area (Å²) in [5.41, 5.74) is 1.12. The summed E-state index contributed by atoms with van der Waals surface area (Å²) in [5.74, 6) is -0.652. The van der Waals surface area contributed by atoms with Gasteiger partial charge < -0.3 is 14.9 Å². The highest BCUT2D eigenvalue weighted by Gasteiger charge is 2.11. The Morgan fingerprint density at radius 2 is 1.79 bits per heavy atom.